The molecule has 4 nitrogen and oxygen atoms in total. The lowest BCUT2D eigenvalue weighted by Gasteiger charge is -2.18. The van der Waals surface area contributed by atoms with Crippen LogP contribution in [0, 0.1) is 5.41 Å². The van der Waals surface area contributed by atoms with Crippen molar-refractivity contribution in [3.63, 3.8) is 0 Å². The number of ketones is 1. The number of hydrogen-bond acceptors (Lipinski definition) is 4. The highest BCUT2D eigenvalue weighted by Gasteiger charge is 2.29. The van der Waals surface area contributed by atoms with E-state index in [-0.39, 0.29) is 11.4 Å². The minimum Gasteiger partial charge on any atom is -0.465 e. The van der Waals surface area contributed by atoms with Crippen LogP contribution in [-0.2, 0) is 14.3 Å². The smallest absolute Gasteiger partial charge is 0.343 e. The van der Waals surface area contributed by atoms with Crippen molar-refractivity contribution in [1.82, 2.24) is 4.90 Å². The van der Waals surface area contributed by atoms with E-state index in [4.69, 9.17) is 0 Å². The van der Waals surface area contributed by atoms with Gasteiger partial charge in [0.05, 0.1) is 7.11 Å². The summed E-state index contributed by atoms with van der Waals surface area (Å²) in [5.74, 6) is -0.813. The van der Waals surface area contributed by atoms with E-state index in [1.807, 2.05) is 0 Å². The van der Waals surface area contributed by atoms with Crippen LogP contribution in [0.5, 0.6) is 0 Å². The number of esters is 1. The first-order valence-electron chi connectivity index (χ1n) is 4.71. The maximum absolute atomic E-state index is 11.9. The molecule has 4 heteroatoms. The molecule has 0 saturated heterocycles. The highest BCUT2D eigenvalue weighted by atomic mass is 16.5. The van der Waals surface area contributed by atoms with Crippen LogP contribution in [0.25, 0.3) is 0 Å². The average Bonchev–Trinajstić information content (AvgIpc) is 2.10. The Kier molecular flexibility index (Phi) is 4.52. The van der Waals surface area contributed by atoms with Crippen LogP contribution in [-0.4, -0.2) is 37.9 Å². The third-order valence-electron chi connectivity index (χ3n) is 1.72. The average molecular weight is 213 g/mol. The van der Waals surface area contributed by atoms with E-state index >= 15 is 0 Å². The molecule has 0 bridgehead atoms. The van der Waals surface area contributed by atoms with Gasteiger partial charge in [-0.1, -0.05) is 20.8 Å². The fraction of sp³-hybridized carbons (Fsp3) is 0.636. The Morgan fingerprint density at radius 2 is 1.67 bits per heavy atom. The van der Waals surface area contributed by atoms with Crippen molar-refractivity contribution >= 4 is 11.8 Å². The van der Waals surface area contributed by atoms with Crippen molar-refractivity contribution in [2.45, 2.75) is 20.8 Å². The van der Waals surface area contributed by atoms with Crippen molar-refractivity contribution in [2.75, 3.05) is 21.2 Å². The summed E-state index contributed by atoms with van der Waals surface area (Å²) in [4.78, 5) is 25.0. The Morgan fingerprint density at radius 3 is 1.93 bits per heavy atom. The topological polar surface area (TPSA) is 46.6 Å². The van der Waals surface area contributed by atoms with Gasteiger partial charge in [0.15, 0.2) is 5.78 Å². The highest BCUT2D eigenvalue weighted by molar-refractivity contribution is 6.18. The van der Waals surface area contributed by atoms with Gasteiger partial charge in [-0.15, -0.1) is 0 Å². The minimum absolute atomic E-state index is 0.0787. The maximum atomic E-state index is 11.9. The Morgan fingerprint density at radius 1 is 1.20 bits per heavy atom. The van der Waals surface area contributed by atoms with Gasteiger partial charge >= 0.3 is 5.97 Å². The molecule has 15 heavy (non-hydrogen) atoms. The molecule has 0 aromatic carbocycles. The Hall–Kier alpha value is -1.32. The summed E-state index contributed by atoms with van der Waals surface area (Å²) >= 11 is 0. The molecule has 86 valence electrons. The van der Waals surface area contributed by atoms with Crippen LogP contribution < -0.4 is 0 Å². The molecule has 0 amide bonds. The number of hydrogen-bond donors (Lipinski definition) is 0. The highest BCUT2D eigenvalue weighted by Crippen LogP contribution is 2.20. The molecule has 0 atom stereocenters. The van der Waals surface area contributed by atoms with Gasteiger partial charge in [-0.25, -0.2) is 4.79 Å². The Labute approximate surface area is 90.9 Å². The van der Waals surface area contributed by atoms with Gasteiger partial charge in [0, 0.05) is 25.7 Å². The van der Waals surface area contributed by atoms with Crippen molar-refractivity contribution in [3.8, 4) is 0 Å². The second-order valence-corrected chi connectivity index (χ2v) is 4.58. The molecule has 0 heterocycles. The molecular weight excluding hydrogens is 194 g/mol. The molecular formula is C11H19NO3. The zero-order valence-electron chi connectivity index (χ0n) is 10.2. The van der Waals surface area contributed by atoms with Gasteiger partial charge in [-0.2, -0.15) is 0 Å². The van der Waals surface area contributed by atoms with Gasteiger partial charge in [-0.3, -0.25) is 4.79 Å². The number of nitrogens with zero attached hydrogens (tertiary/aromatic N) is 1. The van der Waals surface area contributed by atoms with Crippen molar-refractivity contribution in [1.29, 1.82) is 0 Å². The summed E-state index contributed by atoms with van der Waals surface area (Å²) in [5.41, 5.74) is -0.509. The first-order valence-corrected chi connectivity index (χ1v) is 4.71. The maximum Gasteiger partial charge on any atom is 0.343 e. The fourth-order valence-electron chi connectivity index (χ4n) is 0.976. The molecule has 0 N–H and O–H groups in total. The predicted molar refractivity (Wildman–Crippen MR) is 58.2 cm³/mol. The number of Topliss-reactive ketones (excluding diaryl/α,β-unsaturated/α-hetero) is 1. The van der Waals surface area contributed by atoms with E-state index < -0.39 is 11.4 Å². The fourth-order valence-corrected chi connectivity index (χ4v) is 0.976. The lowest BCUT2D eigenvalue weighted by molar-refractivity contribution is -0.139. The van der Waals surface area contributed by atoms with Crippen molar-refractivity contribution < 1.29 is 14.3 Å². The Bertz CT molecular complexity index is 285. The summed E-state index contributed by atoms with van der Waals surface area (Å²) in [6.45, 7) is 5.30. The van der Waals surface area contributed by atoms with E-state index in [2.05, 4.69) is 4.74 Å². The molecule has 0 aromatic heterocycles. The first-order chi connectivity index (χ1) is 6.70. The summed E-state index contributed by atoms with van der Waals surface area (Å²) in [5, 5.41) is 0. The van der Waals surface area contributed by atoms with Crippen LogP contribution in [0.15, 0.2) is 11.8 Å². The third-order valence-corrected chi connectivity index (χ3v) is 1.72. The Balaban J connectivity index is 5.14. The first kappa shape index (κ1) is 13.7. The zero-order valence-corrected chi connectivity index (χ0v) is 10.2. The summed E-state index contributed by atoms with van der Waals surface area (Å²) < 4.78 is 4.57. The second-order valence-electron chi connectivity index (χ2n) is 4.58. The van der Waals surface area contributed by atoms with E-state index in [1.165, 1.54) is 13.3 Å². The van der Waals surface area contributed by atoms with Gasteiger partial charge < -0.3 is 9.64 Å². The number of carbonyl (C=O) groups is 2. The molecule has 0 aliphatic rings. The summed E-state index contributed by atoms with van der Waals surface area (Å²) in [7, 11) is 4.76. The zero-order chi connectivity index (χ0) is 12.2. The summed E-state index contributed by atoms with van der Waals surface area (Å²) in [6, 6.07) is 0. The minimum atomic E-state index is -0.594. The van der Waals surface area contributed by atoms with Crippen LogP contribution in [0.2, 0.25) is 0 Å². The second kappa shape index (κ2) is 4.96. The molecule has 0 aliphatic carbocycles. The quantitative estimate of drug-likeness (QED) is 0.306. The SMILES string of the molecule is COC(=O)C(=CN(C)C)C(=O)C(C)(C)C. The monoisotopic (exact) mass is 213 g/mol. The van der Waals surface area contributed by atoms with Crippen LogP contribution >= 0.6 is 0 Å². The van der Waals surface area contributed by atoms with Crippen LogP contribution in [0.3, 0.4) is 0 Å². The van der Waals surface area contributed by atoms with Gasteiger partial charge in [0.1, 0.15) is 5.57 Å². The molecule has 0 saturated carbocycles. The predicted octanol–water partition coefficient (Wildman–Crippen LogP) is 1.22. The van der Waals surface area contributed by atoms with E-state index in [0.717, 1.165) is 0 Å². The third kappa shape index (κ3) is 4.14. The van der Waals surface area contributed by atoms with Crippen LogP contribution in [0.1, 0.15) is 20.8 Å². The lowest BCUT2D eigenvalue weighted by atomic mass is 9.86. The number of methoxy groups -OCH3 is 1. The standard InChI is InChI=1S/C11H19NO3/c1-11(2,3)9(13)8(7-12(4)5)10(14)15-6/h7H,1-6H3. The van der Waals surface area contributed by atoms with Gasteiger partial charge in [0.25, 0.3) is 0 Å². The van der Waals surface area contributed by atoms with Crippen molar-refractivity contribution in [2.24, 2.45) is 5.41 Å². The number of carbonyl (C=O) groups excluding carboxylic acids is 2. The molecule has 0 radical (unpaired) electrons. The van der Waals surface area contributed by atoms with E-state index in [1.54, 1.807) is 39.8 Å². The number of ether oxygens (including phenoxy) is 1. The van der Waals surface area contributed by atoms with Crippen LogP contribution in [0.4, 0.5) is 0 Å². The largest absolute Gasteiger partial charge is 0.465 e. The molecule has 0 unspecified atom stereocenters. The van der Waals surface area contributed by atoms with E-state index in [0.29, 0.717) is 0 Å². The van der Waals surface area contributed by atoms with Crippen molar-refractivity contribution in [3.05, 3.63) is 11.8 Å². The molecule has 0 spiro atoms. The summed E-state index contributed by atoms with van der Waals surface area (Å²) in [6.07, 6.45) is 1.49. The lowest BCUT2D eigenvalue weighted by Crippen LogP contribution is -2.28. The normalized spacial score (nSPS) is 12.3. The van der Waals surface area contributed by atoms with Gasteiger partial charge in [0.2, 0.25) is 0 Å². The van der Waals surface area contributed by atoms with E-state index in [9.17, 15) is 9.59 Å². The molecule has 0 rings (SSSR count). The molecule has 0 aromatic rings. The molecule has 0 fully saturated rings. The number of rotatable bonds is 3. The molecule has 0 aliphatic heterocycles. The van der Waals surface area contributed by atoms with Gasteiger partial charge in [-0.05, 0) is 0 Å².